The smallest absolute Gasteiger partial charge is 0.269 e. The summed E-state index contributed by atoms with van der Waals surface area (Å²) in [4.78, 5) is 20.0. The first-order chi connectivity index (χ1) is 16.0. The third-order valence-corrected chi connectivity index (χ3v) is 5.36. The van der Waals surface area contributed by atoms with E-state index in [1.54, 1.807) is 11.8 Å². The zero-order chi connectivity index (χ0) is 22.9. The van der Waals surface area contributed by atoms with Crippen molar-refractivity contribution in [2.45, 2.75) is 6.54 Å². The van der Waals surface area contributed by atoms with Crippen LogP contribution in [0.15, 0.2) is 60.7 Å². The fourth-order valence-corrected chi connectivity index (χ4v) is 3.73. The van der Waals surface area contributed by atoms with E-state index in [0.29, 0.717) is 23.6 Å². The van der Waals surface area contributed by atoms with Crippen LogP contribution in [0.5, 0.6) is 5.75 Å². The zero-order valence-electron chi connectivity index (χ0n) is 17.5. The molecule has 1 amide bonds. The molecule has 10 heteroatoms. The summed E-state index contributed by atoms with van der Waals surface area (Å²) in [5, 5.41) is 12.5. The quantitative estimate of drug-likeness (QED) is 0.399. The normalized spacial score (nSPS) is 11.1. The Balaban J connectivity index is 1.65. The van der Waals surface area contributed by atoms with Gasteiger partial charge in [0.2, 0.25) is 0 Å². The highest BCUT2D eigenvalue weighted by molar-refractivity contribution is 6.29. The molecule has 3 heterocycles. The first-order valence-corrected chi connectivity index (χ1v) is 10.4. The van der Waals surface area contributed by atoms with Crippen molar-refractivity contribution in [3.05, 3.63) is 77.1 Å². The molecule has 9 nitrogen and oxygen atoms in total. The first kappa shape index (κ1) is 20.7. The number of fused-ring (bicyclic) bond motifs is 1. The Labute approximate surface area is 193 Å². The van der Waals surface area contributed by atoms with Crippen LogP contribution in [0.4, 0.5) is 0 Å². The van der Waals surface area contributed by atoms with Crippen LogP contribution in [0.25, 0.3) is 33.8 Å². The minimum Gasteiger partial charge on any atom is -0.497 e. The van der Waals surface area contributed by atoms with Gasteiger partial charge in [-0.15, -0.1) is 10.2 Å². The average molecular weight is 460 g/mol. The molecule has 0 saturated carbocycles. The van der Waals surface area contributed by atoms with E-state index in [-0.39, 0.29) is 10.8 Å². The number of nitrogens with two attached hydrogens (primary N) is 1. The number of rotatable bonds is 6. The Morgan fingerprint density at radius 3 is 2.64 bits per heavy atom. The average Bonchev–Trinajstić information content (AvgIpc) is 3.43. The van der Waals surface area contributed by atoms with Crippen LogP contribution >= 0.6 is 11.6 Å². The van der Waals surface area contributed by atoms with Gasteiger partial charge in [-0.05, 0) is 42.0 Å². The van der Waals surface area contributed by atoms with E-state index in [4.69, 9.17) is 32.2 Å². The maximum atomic E-state index is 11.9. The molecule has 0 aliphatic rings. The van der Waals surface area contributed by atoms with Crippen molar-refractivity contribution < 1.29 is 9.53 Å². The van der Waals surface area contributed by atoms with Gasteiger partial charge in [0.05, 0.1) is 30.4 Å². The molecule has 33 heavy (non-hydrogen) atoms. The maximum absolute atomic E-state index is 11.9. The third-order valence-electron chi connectivity index (χ3n) is 5.18. The van der Waals surface area contributed by atoms with E-state index in [2.05, 4.69) is 15.2 Å². The minimum absolute atomic E-state index is 0.00958. The molecule has 0 radical (unpaired) electrons. The number of nitrogens with one attached hydrogen (secondary N) is 1. The highest BCUT2D eigenvalue weighted by Crippen LogP contribution is 2.29. The highest BCUT2D eigenvalue weighted by Gasteiger charge is 2.20. The highest BCUT2D eigenvalue weighted by atomic mass is 35.5. The summed E-state index contributed by atoms with van der Waals surface area (Å²) >= 11 is 6.06. The van der Waals surface area contributed by atoms with Crippen LogP contribution in [0.3, 0.4) is 0 Å². The number of methoxy groups -OCH3 is 1. The Morgan fingerprint density at radius 1 is 1.12 bits per heavy atom. The standard InChI is InChI=1S/C23H18ClN7O2/c1-33-14-8-6-13(7-9-14)12-31-19(23-26-16-4-2-3-5-17(16)27-23)11-18(30-31)15-10-20(24)28-29-21(15)22(25)32/h2-11H,12H2,1H3,(H2,25,32)(H,26,27). The van der Waals surface area contributed by atoms with Gasteiger partial charge < -0.3 is 15.5 Å². The fraction of sp³-hybridized carbons (Fsp3) is 0.0870. The predicted molar refractivity (Wildman–Crippen MR) is 124 cm³/mol. The second kappa shape index (κ2) is 8.36. The lowest BCUT2D eigenvalue weighted by molar-refractivity contribution is 0.0995. The second-order valence-corrected chi connectivity index (χ2v) is 7.70. The molecule has 0 saturated heterocycles. The molecule has 0 unspecified atom stereocenters. The molecule has 5 rings (SSSR count). The number of halogens is 1. The van der Waals surface area contributed by atoms with E-state index in [1.807, 2.05) is 54.6 Å². The molecule has 3 aromatic heterocycles. The molecule has 0 spiro atoms. The number of ether oxygens (including phenoxy) is 1. The molecule has 0 bridgehead atoms. The molecule has 0 aliphatic heterocycles. The summed E-state index contributed by atoms with van der Waals surface area (Å²) < 4.78 is 7.05. The summed E-state index contributed by atoms with van der Waals surface area (Å²) in [7, 11) is 1.62. The zero-order valence-corrected chi connectivity index (χ0v) is 18.2. The van der Waals surface area contributed by atoms with Gasteiger partial charge in [-0.3, -0.25) is 9.48 Å². The number of imidazole rings is 1. The number of hydrogen-bond donors (Lipinski definition) is 2. The summed E-state index contributed by atoms with van der Waals surface area (Å²) in [6, 6.07) is 18.8. The van der Waals surface area contributed by atoms with Crippen LogP contribution in [0.2, 0.25) is 5.15 Å². The Bertz CT molecular complexity index is 1440. The van der Waals surface area contributed by atoms with Crippen LogP contribution in [0.1, 0.15) is 16.1 Å². The summed E-state index contributed by atoms with van der Waals surface area (Å²) in [6.07, 6.45) is 0. The van der Waals surface area contributed by atoms with Gasteiger partial charge >= 0.3 is 0 Å². The van der Waals surface area contributed by atoms with E-state index in [0.717, 1.165) is 28.0 Å². The van der Waals surface area contributed by atoms with Crippen molar-refractivity contribution in [3.63, 3.8) is 0 Å². The number of nitrogens with zero attached hydrogens (tertiary/aromatic N) is 5. The van der Waals surface area contributed by atoms with E-state index < -0.39 is 5.91 Å². The number of primary amides is 1. The van der Waals surface area contributed by atoms with Crippen molar-refractivity contribution >= 4 is 28.5 Å². The van der Waals surface area contributed by atoms with Gasteiger partial charge in [-0.1, -0.05) is 35.9 Å². The van der Waals surface area contributed by atoms with E-state index in [1.165, 1.54) is 6.07 Å². The molecule has 5 aromatic rings. The number of carbonyl (C=O) groups excluding carboxylic acids is 1. The lowest BCUT2D eigenvalue weighted by atomic mass is 10.1. The number of para-hydroxylation sites is 2. The van der Waals surface area contributed by atoms with Crippen molar-refractivity contribution in [1.29, 1.82) is 0 Å². The van der Waals surface area contributed by atoms with Crippen LogP contribution in [-0.2, 0) is 6.54 Å². The van der Waals surface area contributed by atoms with Crippen molar-refractivity contribution in [2.75, 3.05) is 7.11 Å². The SMILES string of the molecule is COc1ccc(Cn2nc(-c3cc(Cl)nnc3C(N)=O)cc2-c2nc3ccccc3[nH]2)cc1. The van der Waals surface area contributed by atoms with Crippen molar-refractivity contribution in [2.24, 2.45) is 5.73 Å². The molecule has 164 valence electrons. The number of amides is 1. The van der Waals surface area contributed by atoms with Gasteiger partial charge in [0.25, 0.3) is 5.91 Å². The lowest BCUT2D eigenvalue weighted by Crippen LogP contribution is -2.15. The van der Waals surface area contributed by atoms with Gasteiger partial charge in [0.1, 0.15) is 11.4 Å². The van der Waals surface area contributed by atoms with E-state index in [9.17, 15) is 4.79 Å². The van der Waals surface area contributed by atoms with Crippen molar-refractivity contribution in [1.82, 2.24) is 29.9 Å². The third kappa shape index (κ3) is 4.01. The van der Waals surface area contributed by atoms with Crippen LogP contribution in [-0.4, -0.2) is 43.0 Å². The monoisotopic (exact) mass is 459 g/mol. The second-order valence-electron chi connectivity index (χ2n) is 7.32. The molecule has 0 aliphatic carbocycles. The summed E-state index contributed by atoms with van der Waals surface area (Å²) in [5.74, 6) is 0.683. The molecule has 0 atom stereocenters. The fourth-order valence-electron chi connectivity index (χ4n) is 3.58. The number of aromatic nitrogens is 6. The molecular formula is C23H18ClN7O2. The topological polar surface area (TPSA) is 125 Å². The summed E-state index contributed by atoms with van der Waals surface area (Å²) in [5.41, 5.74) is 9.83. The largest absolute Gasteiger partial charge is 0.497 e. The summed E-state index contributed by atoms with van der Waals surface area (Å²) in [6.45, 7) is 0.453. The lowest BCUT2D eigenvalue weighted by Gasteiger charge is -2.07. The number of H-pyrrole nitrogens is 1. The van der Waals surface area contributed by atoms with Gasteiger partial charge in [0, 0.05) is 5.56 Å². The molecule has 0 fully saturated rings. The Kier molecular flexibility index (Phi) is 5.23. The number of benzene rings is 2. The minimum atomic E-state index is -0.718. The molecule has 3 N–H and O–H groups in total. The predicted octanol–water partition coefficient (Wildman–Crippen LogP) is 3.69. The van der Waals surface area contributed by atoms with Crippen LogP contribution in [0, 0.1) is 0 Å². The van der Waals surface area contributed by atoms with E-state index >= 15 is 0 Å². The van der Waals surface area contributed by atoms with Gasteiger partial charge in [-0.2, -0.15) is 5.10 Å². The maximum Gasteiger partial charge on any atom is 0.269 e. The van der Waals surface area contributed by atoms with Crippen LogP contribution < -0.4 is 10.5 Å². The Morgan fingerprint density at radius 2 is 1.91 bits per heavy atom. The molecular weight excluding hydrogens is 442 g/mol. The number of hydrogen-bond acceptors (Lipinski definition) is 6. The number of aromatic amines is 1. The molecule has 2 aromatic carbocycles. The van der Waals surface area contributed by atoms with Gasteiger partial charge in [0.15, 0.2) is 16.7 Å². The first-order valence-electron chi connectivity index (χ1n) is 10.0. The number of carbonyl (C=O) groups is 1. The van der Waals surface area contributed by atoms with Gasteiger partial charge in [-0.25, -0.2) is 4.98 Å². The Hall–Kier alpha value is -4.24. The van der Waals surface area contributed by atoms with Crippen molar-refractivity contribution in [3.8, 4) is 28.5 Å².